The molecule has 0 bridgehead atoms. The second-order valence-corrected chi connectivity index (χ2v) is 6.44. The molecule has 0 unspecified atom stereocenters. The highest BCUT2D eigenvalue weighted by atomic mass is 79.9. The summed E-state index contributed by atoms with van der Waals surface area (Å²) in [6.07, 6.45) is 4.81. The van der Waals surface area contributed by atoms with Gasteiger partial charge in [0.15, 0.2) is 0 Å². The van der Waals surface area contributed by atoms with Gasteiger partial charge in [-0.15, -0.1) is 0 Å². The maximum Gasteiger partial charge on any atom is 0.348 e. The Hall–Kier alpha value is -0.290. The van der Waals surface area contributed by atoms with E-state index in [4.69, 9.17) is 0 Å². The smallest absolute Gasteiger partial charge is 0.295 e. The van der Waals surface area contributed by atoms with E-state index in [9.17, 15) is 4.79 Å². The van der Waals surface area contributed by atoms with Crippen molar-refractivity contribution in [2.24, 2.45) is 5.41 Å². The van der Waals surface area contributed by atoms with Crippen LogP contribution in [0.15, 0.2) is 9.27 Å². The van der Waals surface area contributed by atoms with Gasteiger partial charge in [0.25, 0.3) is 0 Å². The summed E-state index contributed by atoms with van der Waals surface area (Å²) in [5, 5.41) is 0. The first kappa shape index (κ1) is 14.1. The zero-order chi connectivity index (χ0) is 13.3. The summed E-state index contributed by atoms with van der Waals surface area (Å²) in [7, 11) is 0. The lowest BCUT2D eigenvalue weighted by molar-refractivity contribution is 0.281. The van der Waals surface area contributed by atoms with Crippen LogP contribution in [0.5, 0.6) is 0 Å². The number of hydrogen-bond acceptors (Lipinski definition) is 3. The van der Waals surface area contributed by atoms with Gasteiger partial charge < -0.3 is 0 Å². The van der Waals surface area contributed by atoms with Crippen molar-refractivity contribution < 1.29 is 0 Å². The first-order chi connectivity index (χ1) is 8.49. The molecule has 1 aliphatic carbocycles. The molecule has 1 heterocycles. The standard InChI is InChI=1S/C13H19BrN2OS/c1-9-11(14)10(2)16(12(17)15-9)7-13(8-18)5-3-4-6-13/h18H,3-8H2,1-2H3. The number of halogens is 1. The highest BCUT2D eigenvalue weighted by molar-refractivity contribution is 9.10. The van der Waals surface area contributed by atoms with Gasteiger partial charge >= 0.3 is 5.69 Å². The van der Waals surface area contributed by atoms with E-state index in [0.29, 0.717) is 0 Å². The van der Waals surface area contributed by atoms with Crippen LogP contribution in [0.25, 0.3) is 0 Å². The van der Waals surface area contributed by atoms with Crippen LogP contribution in [0.1, 0.15) is 37.1 Å². The zero-order valence-corrected chi connectivity index (χ0v) is 13.4. The molecule has 0 saturated heterocycles. The molecule has 0 spiro atoms. The van der Waals surface area contributed by atoms with E-state index < -0.39 is 0 Å². The third-order valence-corrected chi connectivity index (χ3v) is 5.85. The van der Waals surface area contributed by atoms with Crippen molar-refractivity contribution in [1.29, 1.82) is 0 Å². The second-order valence-electron chi connectivity index (χ2n) is 5.33. The average Bonchev–Trinajstić information content (AvgIpc) is 2.81. The lowest BCUT2D eigenvalue weighted by Gasteiger charge is -2.28. The summed E-state index contributed by atoms with van der Waals surface area (Å²) in [5.41, 5.74) is 1.77. The highest BCUT2D eigenvalue weighted by Gasteiger charge is 2.33. The van der Waals surface area contributed by atoms with Crippen LogP contribution in [0.4, 0.5) is 0 Å². The van der Waals surface area contributed by atoms with Crippen LogP contribution in [-0.2, 0) is 6.54 Å². The van der Waals surface area contributed by atoms with E-state index in [2.05, 4.69) is 33.5 Å². The Balaban J connectivity index is 2.40. The Kier molecular flexibility index (Phi) is 4.22. The van der Waals surface area contributed by atoms with Gasteiger partial charge in [0, 0.05) is 12.2 Å². The van der Waals surface area contributed by atoms with Crippen molar-refractivity contribution in [3.8, 4) is 0 Å². The fraction of sp³-hybridized carbons (Fsp3) is 0.692. The van der Waals surface area contributed by atoms with E-state index >= 15 is 0 Å². The zero-order valence-electron chi connectivity index (χ0n) is 10.9. The molecule has 18 heavy (non-hydrogen) atoms. The molecule has 100 valence electrons. The average molecular weight is 331 g/mol. The van der Waals surface area contributed by atoms with Crippen LogP contribution >= 0.6 is 28.6 Å². The summed E-state index contributed by atoms with van der Waals surface area (Å²) in [5.74, 6) is 0.838. The predicted octanol–water partition coefficient (Wildman–Crippen LogP) is 3.11. The van der Waals surface area contributed by atoms with Gasteiger partial charge in [0.1, 0.15) is 0 Å². The third-order valence-electron chi connectivity index (χ3n) is 4.03. The number of nitrogens with zero attached hydrogens (tertiary/aromatic N) is 2. The minimum absolute atomic E-state index is 0.138. The van der Waals surface area contributed by atoms with Crippen molar-refractivity contribution in [1.82, 2.24) is 9.55 Å². The number of aromatic nitrogens is 2. The topological polar surface area (TPSA) is 34.9 Å². The fourth-order valence-electron chi connectivity index (χ4n) is 2.79. The molecule has 1 saturated carbocycles. The third kappa shape index (κ3) is 2.52. The Morgan fingerprint density at radius 3 is 2.56 bits per heavy atom. The van der Waals surface area contributed by atoms with Crippen molar-refractivity contribution in [2.45, 2.75) is 46.1 Å². The lowest BCUT2D eigenvalue weighted by atomic mass is 9.88. The monoisotopic (exact) mass is 330 g/mol. The maximum atomic E-state index is 12.1. The molecule has 0 radical (unpaired) electrons. The highest BCUT2D eigenvalue weighted by Crippen LogP contribution is 2.40. The number of hydrogen-bond donors (Lipinski definition) is 1. The van der Waals surface area contributed by atoms with E-state index in [1.165, 1.54) is 12.8 Å². The largest absolute Gasteiger partial charge is 0.348 e. The lowest BCUT2D eigenvalue weighted by Crippen LogP contribution is -2.35. The van der Waals surface area contributed by atoms with Gasteiger partial charge in [-0.05, 0) is 53.8 Å². The molecule has 1 aromatic heterocycles. The van der Waals surface area contributed by atoms with Crippen molar-refractivity contribution in [3.63, 3.8) is 0 Å². The number of thiol groups is 1. The SMILES string of the molecule is Cc1nc(=O)n(CC2(CS)CCCC2)c(C)c1Br. The summed E-state index contributed by atoms with van der Waals surface area (Å²) < 4.78 is 2.74. The molecule has 0 N–H and O–H groups in total. The molecule has 0 amide bonds. The normalized spacial score (nSPS) is 18.2. The molecule has 1 aromatic rings. The molecule has 0 aromatic carbocycles. The van der Waals surface area contributed by atoms with Crippen molar-refractivity contribution in [2.75, 3.05) is 5.75 Å². The molecule has 2 rings (SSSR count). The van der Waals surface area contributed by atoms with Gasteiger partial charge in [-0.1, -0.05) is 12.8 Å². The molecular formula is C13H19BrN2OS. The molecule has 5 heteroatoms. The summed E-state index contributed by atoms with van der Waals surface area (Å²) in [4.78, 5) is 16.1. The second kappa shape index (κ2) is 5.37. The Morgan fingerprint density at radius 1 is 1.39 bits per heavy atom. The minimum Gasteiger partial charge on any atom is -0.295 e. The molecule has 1 aliphatic rings. The van der Waals surface area contributed by atoms with Gasteiger partial charge in [-0.25, -0.2) is 4.79 Å². The quantitative estimate of drug-likeness (QED) is 0.864. The van der Waals surface area contributed by atoms with Crippen molar-refractivity contribution in [3.05, 3.63) is 26.3 Å². The summed E-state index contributed by atoms with van der Waals surface area (Å²) >= 11 is 8.01. The first-order valence-corrected chi connectivity index (χ1v) is 7.76. The van der Waals surface area contributed by atoms with Gasteiger partial charge in [0.2, 0.25) is 0 Å². The van der Waals surface area contributed by atoms with Crippen LogP contribution in [0.2, 0.25) is 0 Å². The van der Waals surface area contributed by atoms with Gasteiger partial charge in [-0.3, -0.25) is 4.57 Å². The molecular weight excluding hydrogens is 312 g/mol. The maximum absolute atomic E-state index is 12.1. The number of aryl methyl sites for hydroxylation is 1. The number of rotatable bonds is 3. The minimum atomic E-state index is -0.138. The van der Waals surface area contributed by atoms with Crippen LogP contribution in [0.3, 0.4) is 0 Å². The van der Waals surface area contributed by atoms with E-state index in [0.717, 1.165) is 41.0 Å². The van der Waals surface area contributed by atoms with E-state index in [1.54, 1.807) is 4.57 Å². The Labute approximate surface area is 122 Å². The van der Waals surface area contributed by atoms with E-state index in [-0.39, 0.29) is 11.1 Å². The Bertz CT molecular complexity index is 506. The predicted molar refractivity (Wildman–Crippen MR) is 80.4 cm³/mol. The van der Waals surface area contributed by atoms with E-state index in [1.807, 2.05) is 13.8 Å². The van der Waals surface area contributed by atoms with Crippen molar-refractivity contribution >= 4 is 28.6 Å². The molecule has 0 atom stereocenters. The van der Waals surface area contributed by atoms with Gasteiger partial charge in [-0.2, -0.15) is 17.6 Å². The summed E-state index contributed by atoms with van der Waals surface area (Å²) in [6, 6.07) is 0. The molecule has 3 nitrogen and oxygen atoms in total. The first-order valence-electron chi connectivity index (χ1n) is 6.33. The fourth-order valence-corrected chi connectivity index (χ4v) is 3.51. The molecule has 0 aliphatic heterocycles. The summed E-state index contributed by atoms with van der Waals surface area (Å²) in [6.45, 7) is 4.57. The van der Waals surface area contributed by atoms with Gasteiger partial charge in [0.05, 0.1) is 10.2 Å². The Morgan fingerprint density at radius 2 is 2.00 bits per heavy atom. The van der Waals surface area contributed by atoms with Crippen LogP contribution in [0, 0.1) is 19.3 Å². The molecule has 1 fully saturated rings. The van der Waals surface area contributed by atoms with Crippen LogP contribution < -0.4 is 5.69 Å². The van der Waals surface area contributed by atoms with Crippen LogP contribution in [-0.4, -0.2) is 15.3 Å².